The number of nitrogens with zero attached hydrogens (tertiary/aromatic N) is 1. The van der Waals surface area contributed by atoms with E-state index in [1.807, 2.05) is 0 Å². The molecule has 3 nitrogen and oxygen atoms in total. The Bertz CT molecular complexity index is 165. The molecule has 1 unspecified atom stereocenters. The first kappa shape index (κ1) is 18.7. The molecule has 0 aliphatic heterocycles. The largest absolute Gasteiger partial charge is 1.00 e. The van der Waals surface area contributed by atoms with Crippen LogP contribution >= 0.6 is 8.79 Å². The van der Waals surface area contributed by atoms with Crippen molar-refractivity contribution in [1.82, 2.24) is 0 Å². The summed E-state index contributed by atoms with van der Waals surface area (Å²) in [4.78, 5) is 4.67. The van der Waals surface area contributed by atoms with Crippen molar-refractivity contribution in [2.45, 2.75) is 32.1 Å². The van der Waals surface area contributed by atoms with E-state index in [2.05, 4.69) is 33.4 Å². The van der Waals surface area contributed by atoms with E-state index in [-0.39, 0.29) is 18.9 Å². The average Bonchev–Trinajstić information content (AvgIpc) is 2.11. The second-order valence-electron chi connectivity index (χ2n) is 4.38. The Kier molecular flexibility index (Phi) is 10.5. The molecule has 0 N–H and O–H groups in total. The van der Waals surface area contributed by atoms with Crippen molar-refractivity contribution in [3.63, 3.8) is 0 Å². The Morgan fingerprint density at radius 2 is 1.60 bits per heavy atom. The number of hydrogen-bond donors (Lipinski definition) is 0. The van der Waals surface area contributed by atoms with Gasteiger partial charge in [-0.05, 0) is 6.04 Å². The van der Waals surface area contributed by atoms with Gasteiger partial charge in [0.1, 0.15) is 0 Å². The fourth-order valence-electron chi connectivity index (χ4n) is 1.03. The van der Waals surface area contributed by atoms with Crippen molar-refractivity contribution >= 4 is 25.3 Å². The third kappa shape index (κ3) is 10.2. The van der Waals surface area contributed by atoms with Crippen LogP contribution in [-0.4, -0.2) is 37.2 Å². The van der Waals surface area contributed by atoms with Crippen LogP contribution in [-0.2, 0) is 8.85 Å². The van der Waals surface area contributed by atoms with Crippen LogP contribution in [0.3, 0.4) is 0 Å². The summed E-state index contributed by atoms with van der Waals surface area (Å²) in [6.45, 7) is 7.71. The molecule has 0 aromatic heterocycles. The maximum Gasteiger partial charge on any atom is 1.00 e. The minimum atomic E-state index is -1.92. The van der Waals surface area contributed by atoms with Gasteiger partial charge in [-0.15, -0.1) is 0 Å². The summed E-state index contributed by atoms with van der Waals surface area (Å²) in [5.41, 5.74) is 0. The third-order valence-electron chi connectivity index (χ3n) is 1.96. The predicted octanol–water partition coefficient (Wildman–Crippen LogP) is -0.304. The molecule has 0 aliphatic carbocycles. The molecular weight excluding hydrogens is 236 g/mol. The van der Waals surface area contributed by atoms with Crippen molar-refractivity contribution in [1.29, 1.82) is 0 Å². The van der Waals surface area contributed by atoms with E-state index in [0.717, 1.165) is 19.0 Å². The van der Waals surface area contributed by atoms with Crippen molar-refractivity contribution in [2.75, 3.05) is 20.8 Å². The second kappa shape index (κ2) is 8.43. The quantitative estimate of drug-likeness (QED) is 0.357. The van der Waals surface area contributed by atoms with E-state index in [9.17, 15) is 0 Å². The van der Waals surface area contributed by atoms with Gasteiger partial charge in [0.2, 0.25) is 0 Å². The van der Waals surface area contributed by atoms with Crippen LogP contribution in [0.5, 0.6) is 0 Å². The summed E-state index contributed by atoms with van der Waals surface area (Å²) in [6.07, 6.45) is 1.07. The molecule has 0 rings (SSSR count). The molecule has 0 bridgehead atoms. The van der Waals surface area contributed by atoms with Gasteiger partial charge in [0, 0.05) is 14.2 Å². The second-order valence-corrected chi connectivity index (χ2v) is 14.6. The standard InChI is InChI=1S/C8H23NO2PSi2.Li/c1-10-14(12,11-2)8-6-7-9-13(3,4)5;/h6-8,12H2,1-5H3;/q-1;+1. The molecule has 15 heavy (non-hydrogen) atoms. The summed E-state index contributed by atoms with van der Waals surface area (Å²) in [5, 5.41) is 0. The Morgan fingerprint density at radius 1 is 1.13 bits per heavy atom. The Morgan fingerprint density at radius 3 is 1.93 bits per heavy atom. The minimum Gasteiger partial charge on any atom is -0.665 e. The van der Waals surface area contributed by atoms with Crippen LogP contribution in [0.4, 0.5) is 0 Å². The van der Waals surface area contributed by atoms with E-state index >= 15 is 0 Å². The van der Waals surface area contributed by atoms with Gasteiger partial charge in [-0.2, -0.15) is 6.54 Å². The number of hydrogen-bond acceptors (Lipinski definition) is 2. The molecule has 0 radical (unpaired) electrons. The molecule has 0 aliphatic rings. The van der Waals surface area contributed by atoms with Gasteiger partial charge in [-0.3, -0.25) is 0 Å². The summed E-state index contributed by atoms with van der Waals surface area (Å²) in [6, 6.07) is 0.999. The fourth-order valence-corrected chi connectivity index (χ4v) is 3.69. The van der Waals surface area contributed by atoms with E-state index < -0.39 is 16.5 Å². The summed E-state index contributed by atoms with van der Waals surface area (Å²) < 4.78 is 10.7. The maximum absolute atomic E-state index is 5.37. The van der Waals surface area contributed by atoms with Gasteiger partial charge in [0.25, 0.3) is 0 Å². The van der Waals surface area contributed by atoms with Crippen LogP contribution in [0.1, 0.15) is 6.42 Å². The fraction of sp³-hybridized carbons (Fsp3) is 1.00. The predicted molar refractivity (Wildman–Crippen MR) is 70.5 cm³/mol. The van der Waals surface area contributed by atoms with Crippen LogP contribution in [0.25, 0.3) is 4.98 Å². The molecule has 7 heteroatoms. The van der Waals surface area contributed by atoms with Crippen molar-refractivity contribution < 1.29 is 27.7 Å². The first-order valence-electron chi connectivity index (χ1n) is 4.91. The van der Waals surface area contributed by atoms with Crippen LogP contribution in [0.15, 0.2) is 0 Å². The van der Waals surface area contributed by atoms with E-state index in [1.165, 1.54) is 0 Å². The Hall–Kier alpha value is 1.34. The minimum absolute atomic E-state index is 0. The smallest absolute Gasteiger partial charge is 0.665 e. The average molecular weight is 259 g/mol. The summed E-state index contributed by atoms with van der Waals surface area (Å²) in [5.74, 6) is 0. The van der Waals surface area contributed by atoms with Gasteiger partial charge in [-0.25, -0.2) is 0 Å². The molecule has 0 aromatic rings. The van der Waals surface area contributed by atoms with Gasteiger partial charge in [0.15, 0.2) is 0 Å². The van der Waals surface area contributed by atoms with Crippen LogP contribution in [0, 0.1) is 0 Å². The normalized spacial score (nSPS) is 12.4. The zero-order valence-corrected chi connectivity index (χ0v) is 14.1. The van der Waals surface area contributed by atoms with Gasteiger partial charge in [-0.1, -0.05) is 43.1 Å². The molecule has 0 amide bonds. The topological polar surface area (TPSA) is 32.6 Å². The Labute approximate surface area is 111 Å². The molecule has 0 heterocycles. The van der Waals surface area contributed by atoms with E-state index in [0.29, 0.717) is 0 Å². The summed E-state index contributed by atoms with van der Waals surface area (Å²) >= 11 is 0. The molecule has 0 aromatic carbocycles. The SMILES string of the molecule is CO[Si](P)(CCC[N-][Si](C)(C)C)OC.[Li+]. The van der Waals surface area contributed by atoms with Gasteiger partial charge < -0.3 is 13.8 Å². The van der Waals surface area contributed by atoms with Crippen molar-refractivity contribution in [3.8, 4) is 0 Å². The number of rotatable bonds is 7. The van der Waals surface area contributed by atoms with Crippen LogP contribution < -0.4 is 18.9 Å². The molecule has 0 saturated carbocycles. The molecule has 1 atom stereocenters. The molecule has 0 saturated heterocycles. The molecule has 0 spiro atoms. The maximum atomic E-state index is 5.37. The molecule has 86 valence electrons. The van der Waals surface area contributed by atoms with Crippen molar-refractivity contribution in [3.05, 3.63) is 4.98 Å². The summed E-state index contributed by atoms with van der Waals surface area (Å²) in [7, 11) is 3.03. The Balaban J connectivity index is 0. The van der Waals surface area contributed by atoms with Crippen LogP contribution in [0.2, 0.25) is 25.7 Å². The zero-order valence-electron chi connectivity index (χ0n) is 11.0. The van der Waals surface area contributed by atoms with Gasteiger partial charge >= 0.3 is 27.1 Å². The zero-order chi connectivity index (χ0) is 11.2. The first-order chi connectivity index (χ1) is 6.33. The van der Waals surface area contributed by atoms with E-state index in [4.69, 9.17) is 8.85 Å². The third-order valence-corrected chi connectivity index (χ3v) is 7.85. The monoisotopic (exact) mass is 259 g/mol. The first-order valence-corrected chi connectivity index (χ1v) is 12.2. The molecule has 0 fully saturated rings. The molecular formula is C8H23LiNO2PSi2. The van der Waals surface area contributed by atoms with E-state index in [1.54, 1.807) is 14.2 Å². The van der Waals surface area contributed by atoms with Crippen molar-refractivity contribution in [2.24, 2.45) is 0 Å². The van der Waals surface area contributed by atoms with Gasteiger partial charge in [0.05, 0.1) is 0 Å².